The second-order valence-electron chi connectivity index (χ2n) is 5.89. The number of carbonyl (C=O) groups excluding carboxylic acids is 1. The Morgan fingerprint density at radius 2 is 2.20 bits per heavy atom. The average molecular weight is 278 g/mol. The summed E-state index contributed by atoms with van der Waals surface area (Å²) in [5, 5.41) is 6.55. The van der Waals surface area contributed by atoms with Gasteiger partial charge in [-0.25, -0.2) is 4.39 Å². The van der Waals surface area contributed by atoms with Crippen molar-refractivity contribution in [2.45, 2.75) is 45.7 Å². The van der Waals surface area contributed by atoms with Crippen LogP contribution >= 0.6 is 0 Å². The van der Waals surface area contributed by atoms with Crippen molar-refractivity contribution in [2.24, 2.45) is 5.92 Å². The van der Waals surface area contributed by atoms with Crippen molar-refractivity contribution in [3.8, 4) is 0 Å². The lowest BCUT2D eigenvalue weighted by Crippen LogP contribution is -2.45. The Morgan fingerprint density at radius 1 is 1.45 bits per heavy atom. The van der Waals surface area contributed by atoms with Gasteiger partial charge in [0.15, 0.2) is 0 Å². The topological polar surface area (TPSA) is 41.1 Å². The van der Waals surface area contributed by atoms with Gasteiger partial charge in [0.2, 0.25) is 5.91 Å². The van der Waals surface area contributed by atoms with Gasteiger partial charge in [-0.3, -0.25) is 4.79 Å². The van der Waals surface area contributed by atoms with E-state index in [1.807, 2.05) is 26.8 Å². The van der Waals surface area contributed by atoms with Crippen LogP contribution in [0.25, 0.3) is 0 Å². The molecule has 1 aliphatic heterocycles. The summed E-state index contributed by atoms with van der Waals surface area (Å²) in [5.74, 6) is -0.0888. The van der Waals surface area contributed by atoms with Crippen molar-refractivity contribution >= 4 is 5.91 Å². The molecule has 1 amide bonds. The van der Waals surface area contributed by atoms with Gasteiger partial charge in [-0.2, -0.15) is 0 Å². The Labute approximate surface area is 120 Å². The first-order valence-corrected chi connectivity index (χ1v) is 7.27. The van der Waals surface area contributed by atoms with Gasteiger partial charge in [0.1, 0.15) is 5.82 Å². The van der Waals surface area contributed by atoms with Crippen LogP contribution in [0.2, 0.25) is 0 Å². The zero-order chi connectivity index (χ0) is 14.7. The molecule has 1 aromatic rings. The van der Waals surface area contributed by atoms with E-state index in [9.17, 15) is 9.18 Å². The third-order valence-electron chi connectivity index (χ3n) is 3.88. The van der Waals surface area contributed by atoms with Crippen molar-refractivity contribution in [1.82, 2.24) is 10.6 Å². The van der Waals surface area contributed by atoms with Crippen LogP contribution in [0, 0.1) is 18.7 Å². The lowest BCUT2D eigenvalue weighted by molar-refractivity contribution is -0.124. The first-order chi connectivity index (χ1) is 9.47. The van der Waals surface area contributed by atoms with E-state index < -0.39 is 0 Å². The third kappa shape index (κ3) is 3.57. The highest BCUT2D eigenvalue weighted by molar-refractivity contribution is 5.78. The van der Waals surface area contributed by atoms with E-state index >= 15 is 0 Å². The van der Waals surface area contributed by atoms with Crippen LogP contribution in [0.5, 0.6) is 0 Å². The largest absolute Gasteiger partial charge is 0.353 e. The second-order valence-corrected chi connectivity index (χ2v) is 5.89. The van der Waals surface area contributed by atoms with Crippen LogP contribution in [-0.2, 0) is 4.79 Å². The van der Waals surface area contributed by atoms with E-state index in [4.69, 9.17) is 0 Å². The fourth-order valence-corrected chi connectivity index (χ4v) is 2.68. The molecule has 2 N–H and O–H groups in total. The van der Waals surface area contributed by atoms with Gasteiger partial charge in [0.05, 0.1) is 0 Å². The molecule has 0 aromatic heterocycles. The second kappa shape index (κ2) is 6.35. The molecule has 0 saturated carbocycles. The SMILES string of the molecule is Cc1cc(F)ccc1[C@@H]1C[C@@H](NC(=O)C(C)C)CCN1. The maximum absolute atomic E-state index is 13.2. The maximum atomic E-state index is 13.2. The Balaban J connectivity index is 2.05. The number of aryl methyl sites for hydroxylation is 1. The molecule has 3 nitrogen and oxygen atoms in total. The molecular weight excluding hydrogens is 255 g/mol. The summed E-state index contributed by atoms with van der Waals surface area (Å²) in [4.78, 5) is 11.8. The van der Waals surface area contributed by atoms with Crippen LogP contribution < -0.4 is 10.6 Å². The molecule has 4 heteroatoms. The minimum absolute atomic E-state index is 0.0101. The average Bonchev–Trinajstić information content (AvgIpc) is 2.38. The van der Waals surface area contributed by atoms with E-state index in [1.165, 1.54) is 6.07 Å². The molecule has 1 fully saturated rings. The zero-order valence-corrected chi connectivity index (χ0v) is 12.4. The molecule has 2 rings (SSSR count). The molecule has 0 radical (unpaired) electrons. The van der Waals surface area contributed by atoms with Crippen molar-refractivity contribution in [3.63, 3.8) is 0 Å². The normalized spacial score (nSPS) is 22.9. The van der Waals surface area contributed by atoms with Gasteiger partial charge in [0.25, 0.3) is 0 Å². The highest BCUT2D eigenvalue weighted by Gasteiger charge is 2.25. The van der Waals surface area contributed by atoms with Gasteiger partial charge in [-0.1, -0.05) is 19.9 Å². The summed E-state index contributed by atoms with van der Waals surface area (Å²) >= 11 is 0. The van der Waals surface area contributed by atoms with Crippen molar-refractivity contribution in [1.29, 1.82) is 0 Å². The predicted octanol–water partition coefficient (Wildman–Crippen LogP) is 2.70. The van der Waals surface area contributed by atoms with Gasteiger partial charge in [-0.05, 0) is 49.6 Å². The molecule has 0 unspecified atom stereocenters. The molecular formula is C16H23FN2O. The summed E-state index contributed by atoms with van der Waals surface area (Å²) in [6.45, 7) is 6.59. The number of hydrogen-bond acceptors (Lipinski definition) is 2. The number of amides is 1. The Hall–Kier alpha value is -1.42. The molecule has 110 valence electrons. The Bertz CT molecular complexity index is 487. The number of piperidine rings is 1. The van der Waals surface area contributed by atoms with Crippen LogP contribution in [-0.4, -0.2) is 18.5 Å². The number of halogens is 1. The van der Waals surface area contributed by atoms with Gasteiger partial charge in [0, 0.05) is 18.0 Å². The fraction of sp³-hybridized carbons (Fsp3) is 0.562. The maximum Gasteiger partial charge on any atom is 0.222 e. The third-order valence-corrected chi connectivity index (χ3v) is 3.88. The summed E-state index contributed by atoms with van der Waals surface area (Å²) in [6.07, 6.45) is 1.79. The van der Waals surface area contributed by atoms with Crippen LogP contribution in [0.15, 0.2) is 18.2 Å². The fourth-order valence-electron chi connectivity index (χ4n) is 2.68. The number of rotatable bonds is 3. The van der Waals surface area contributed by atoms with Gasteiger partial charge >= 0.3 is 0 Å². The van der Waals surface area contributed by atoms with E-state index in [2.05, 4.69) is 10.6 Å². The molecule has 0 spiro atoms. The molecule has 1 aromatic carbocycles. The molecule has 0 bridgehead atoms. The van der Waals surface area contributed by atoms with E-state index in [0.717, 1.165) is 30.5 Å². The standard InChI is InChI=1S/C16H23FN2O/c1-10(2)16(20)19-13-6-7-18-15(9-13)14-5-4-12(17)8-11(14)3/h4-5,8,10,13,15,18H,6-7,9H2,1-3H3,(H,19,20)/t13-,15-/m0/s1. The smallest absolute Gasteiger partial charge is 0.222 e. The minimum atomic E-state index is -0.202. The highest BCUT2D eigenvalue weighted by Crippen LogP contribution is 2.26. The first kappa shape index (κ1) is 15.0. The molecule has 2 atom stereocenters. The predicted molar refractivity (Wildman–Crippen MR) is 77.9 cm³/mol. The molecule has 20 heavy (non-hydrogen) atoms. The van der Waals surface area contributed by atoms with Gasteiger partial charge < -0.3 is 10.6 Å². The lowest BCUT2D eigenvalue weighted by Gasteiger charge is -2.32. The van der Waals surface area contributed by atoms with Crippen molar-refractivity contribution < 1.29 is 9.18 Å². The van der Waals surface area contributed by atoms with Crippen molar-refractivity contribution in [3.05, 3.63) is 35.1 Å². The monoisotopic (exact) mass is 278 g/mol. The van der Waals surface area contributed by atoms with E-state index in [0.29, 0.717) is 0 Å². The Morgan fingerprint density at radius 3 is 2.85 bits per heavy atom. The molecule has 1 heterocycles. The lowest BCUT2D eigenvalue weighted by atomic mass is 9.91. The summed E-state index contributed by atoms with van der Waals surface area (Å²) in [7, 11) is 0. The molecule has 1 aliphatic rings. The Kier molecular flexibility index (Phi) is 4.76. The van der Waals surface area contributed by atoms with E-state index in [-0.39, 0.29) is 29.7 Å². The first-order valence-electron chi connectivity index (χ1n) is 7.27. The van der Waals surface area contributed by atoms with E-state index in [1.54, 1.807) is 6.07 Å². The van der Waals surface area contributed by atoms with Crippen LogP contribution in [0.1, 0.15) is 43.9 Å². The number of hydrogen-bond donors (Lipinski definition) is 2. The summed E-state index contributed by atoms with van der Waals surface area (Å²) < 4.78 is 13.2. The number of nitrogens with one attached hydrogen (secondary N) is 2. The minimum Gasteiger partial charge on any atom is -0.353 e. The van der Waals surface area contributed by atoms with Crippen LogP contribution in [0.3, 0.4) is 0 Å². The quantitative estimate of drug-likeness (QED) is 0.892. The molecule has 1 saturated heterocycles. The number of carbonyl (C=O) groups is 1. The van der Waals surface area contributed by atoms with Gasteiger partial charge in [-0.15, -0.1) is 0 Å². The van der Waals surface area contributed by atoms with Crippen molar-refractivity contribution in [2.75, 3.05) is 6.54 Å². The molecule has 0 aliphatic carbocycles. The summed E-state index contributed by atoms with van der Waals surface area (Å²) in [5.41, 5.74) is 2.08. The highest BCUT2D eigenvalue weighted by atomic mass is 19.1. The zero-order valence-electron chi connectivity index (χ0n) is 12.4. The number of benzene rings is 1. The summed E-state index contributed by atoms with van der Waals surface area (Å²) in [6, 6.07) is 5.28. The van der Waals surface area contributed by atoms with Crippen LogP contribution in [0.4, 0.5) is 4.39 Å².